The van der Waals surface area contributed by atoms with Crippen molar-refractivity contribution in [2.24, 2.45) is 0 Å². The predicted molar refractivity (Wildman–Crippen MR) is 128 cm³/mol. The standard InChI is InChI=1S/C24H17ClF2N8O3/c25-14-2-4-16(34-10-30-32-33-34)19(21(14)27)11-7-12-1-3-17(35(12)18(36)8-11)23-29-9-15(31-23)13-5-6-28-22(20(13)26)24(37)38/h2,4-6,8-10,12,17H,1,3,7H2,(H,29,31)(H,37,38)/t12-,17+/m1/s1/i10D. The summed E-state index contributed by atoms with van der Waals surface area (Å²) in [5.41, 5.74) is 0.150. The highest BCUT2D eigenvalue weighted by atomic mass is 35.5. The fraction of sp³-hybridized carbons (Fsp3) is 0.208. The molecule has 1 aromatic carbocycles. The summed E-state index contributed by atoms with van der Waals surface area (Å²) in [5.74, 6) is -3.20. The molecular formula is C24H17ClF2N8O3. The van der Waals surface area contributed by atoms with Gasteiger partial charge in [-0.15, -0.1) is 5.10 Å². The maximum atomic E-state index is 15.3. The molecule has 0 radical (unpaired) electrons. The van der Waals surface area contributed by atoms with Crippen molar-refractivity contribution in [1.29, 1.82) is 0 Å². The van der Waals surface area contributed by atoms with Crippen LogP contribution in [0, 0.1) is 11.6 Å². The highest BCUT2D eigenvalue weighted by molar-refractivity contribution is 6.31. The summed E-state index contributed by atoms with van der Waals surface area (Å²) in [5, 5.41) is 19.8. The lowest BCUT2D eigenvalue weighted by molar-refractivity contribution is -0.129. The summed E-state index contributed by atoms with van der Waals surface area (Å²) in [6.07, 6.45) is 5.01. The Kier molecular flexibility index (Phi) is 5.43. The number of tetrazole rings is 1. The van der Waals surface area contributed by atoms with Crippen molar-refractivity contribution in [3.63, 3.8) is 0 Å². The minimum Gasteiger partial charge on any atom is -0.476 e. The van der Waals surface area contributed by atoms with Gasteiger partial charge in [0.15, 0.2) is 17.3 Å². The molecule has 5 heterocycles. The van der Waals surface area contributed by atoms with Crippen LogP contribution in [-0.4, -0.2) is 63.1 Å². The van der Waals surface area contributed by atoms with Crippen LogP contribution in [0.1, 0.15) is 48.6 Å². The maximum absolute atomic E-state index is 15.3. The monoisotopic (exact) mass is 539 g/mol. The second-order valence-electron chi connectivity index (χ2n) is 8.82. The Hall–Kier alpha value is -4.52. The molecule has 2 aliphatic heterocycles. The van der Waals surface area contributed by atoms with Gasteiger partial charge in [-0.3, -0.25) is 4.79 Å². The zero-order valence-electron chi connectivity index (χ0n) is 20.3. The first kappa shape index (κ1) is 22.7. The summed E-state index contributed by atoms with van der Waals surface area (Å²) in [6, 6.07) is 3.41. The molecule has 0 saturated carbocycles. The Morgan fingerprint density at radius 2 is 2.05 bits per heavy atom. The molecule has 1 fully saturated rings. The minimum atomic E-state index is -1.49. The number of imidazole rings is 1. The number of halogens is 3. The molecule has 1 saturated heterocycles. The van der Waals surface area contributed by atoms with Gasteiger partial charge in [0.1, 0.15) is 13.5 Å². The average Bonchev–Trinajstić information content (AvgIpc) is 3.65. The Morgan fingerprint density at radius 1 is 1.21 bits per heavy atom. The van der Waals surface area contributed by atoms with Crippen molar-refractivity contribution in [2.45, 2.75) is 31.3 Å². The summed E-state index contributed by atoms with van der Waals surface area (Å²) in [6.45, 7) is 0. The zero-order chi connectivity index (χ0) is 27.4. The summed E-state index contributed by atoms with van der Waals surface area (Å²) >= 11 is 6.07. The summed E-state index contributed by atoms with van der Waals surface area (Å²) in [7, 11) is 0. The van der Waals surface area contributed by atoms with Crippen LogP contribution in [0.2, 0.25) is 5.02 Å². The largest absolute Gasteiger partial charge is 0.476 e. The van der Waals surface area contributed by atoms with Gasteiger partial charge in [0.25, 0.3) is 0 Å². The van der Waals surface area contributed by atoms with E-state index in [9.17, 15) is 14.0 Å². The number of nitrogens with one attached hydrogen (secondary N) is 1. The van der Waals surface area contributed by atoms with Crippen LogP contribution in [0.5, 0.6) is 0 Å². The van der Waals surface area contributed by atoms with E-state index in [2.05, 4.69) is 30.5 Å². The normalized spacial score (nSPS) is 19.3. The van der Waals surface area contributed by atoms with E-state index in [1.807, 2.05) is 0 Å². The Labute approximate surface area is 219 Å². The maximum Gasteiger partial charge on any atom is 0.357 e. The summed E-state index contributed by atoms with van der Waals surface area (Å²) < 4.78 is 39.0. The minimum absolute atomic E-state index is 0.0109. The molecule has 1 amide bonds. The van der Waals surface area contributed by atoms with Gasteiger partial charge in [0.2, 0.25) is 5.91 Å². The Bertz CT molecular complexity index is 1690. The van der Waals surface area contributed by atoms with Crippen molar-refractivity contribution >= 4 is 29.1 Å². The number of hydrogen-bond donors (Lipinski definition) is 2. The van der Waals surface area contributed by atoms with Gasteiger partial charge in [-0.25, -0.2) is 23.5 Å². The number of benzene rings is 1. The number of fused-ring (bicyclic) bond motifs is 1. The van der Waals surface area contributed by atoms with Crippen LogP contribution in [-0.2, 0) is 4.79 Å². The fourth-order valence-electron chi connectivity index (χ4n) is 5.11. The first-order chi connectivity index (χ1) is 18.7. The van der Waals surface area contributed by atoms with Crippen LogP contribution in [0.25, 0.3) is 22.5 Å². The first-order valence-electron chi connectivity index (χ1n) is 11.9. The molecule has 2 atom stereocenters. The Morgan fingerprint density at radius 3 is 2.82 bits per heavy atom. The van der Waals surface area contributed by atoms with Crippen molar-refractivity contribution in [3.05, 3.63) is 76.7 Å². The van der Waals surface area contributed by atoms with E-state index in [-0.39, 0.29) is 45.8 Å². The first-order valence-corrected chi connectivity index (χ1v) is 11.8. The van der Waals surface area contributed by atoms with Gasteiger partial charge >= 0.3 is 5.97 Å². The van der Waals surface area contributed by atoms with E-state index in [0.717, 1.165) is 4.68 Å². The molecule has 192 valence electrons. The lowest BCUT2D eigenvalue weighted by Crippen LogP contribution is -2.39. The van der Waals surface area contributed by atoms with Crippen LogP contribution in [0.15, 0.2) is 43.0 Å². The number of pyridine rings is 1. The quantitative estimate of drug-likeness (QED) is 0.391. The second-order valence-corrected chi connectivity index (χ2v) is 9.23. The third kappa shape index (κ3) is 3.82. The average molecular weight is 540 g/mol. The highest BCUT2D eigenvalue weighted by Crippen LogP contribution is 2.44. The third-order valence-corrected chi connectivity index (χ3v) is 7.03. The molecule has 0 bridgehead atoms. The Balaban J connectivity index is 1.33. The topological polar surface area (TPSA) is 143 Å². The van der Waals surface area contributed by atoms with Gasteiger partial charge in [-0.1, -0.05) is 11.6 Å². The van der Waals surface area contributed by atoms with E-state index in [0.29, 0.717) is 30.7 Å². The van der Waals surface area contributed by atoms with Crippen molar-refractivity contribution < 1.29 is 24.8 Å². The molecule has 0 aliphatic carbocycles. The van der Waals surface area contributed by atoms with E-state index < -0.39 is 29.3 Å². The van der Waals surface area contributed by atoms with E-state index in [4.69, 9.17) is 18.1 Å². The number of carbonyl (C=O) groups excluding carboxylic acids is 1. The molecule has 0 unspecified atom stereocenters. The van der Waals surface area contributed by atoms with Gasteiger partial charge in [-0.2, -0.15) is 4.68 Å². The van der Waals surface area contributed by atoms with Gasteiger partial charge in [0.05, 0.1) is 28.6 Å². The molecule has 6 rings (SSSR count). The third-order valence-electron chi connectivity index (χ3n) is 6.74. The number of hydrogen-bond acceptors (Lipinski definition) is 7. The number of carboxylic acids is 1. The van der Waals surface area contributed by atoms with Gasteiger partial charge in [-0.05, 0) is 53.5 Å². The summed E-state index contributed by atoms with van der Waals surface area (Å²) in [4.78, 5) is 37.2. The highest BCUT2D eigenvalue weighted by Gasteiger charge is 2.42. The number of H-pyrrole nitrogens is 1. The van der Waals surface area contributed by atoms with Crippen LogP contribution >= 0.6 is 11.6 Å². The van der Waals surface area contributed by atoms with Crippen molar-refractivity contribution in [1.82, 2.24) is 40.1 Å². The number of rotatable bonds is 5. The van der Waals surface area contributed by atoms with E-state index >= 15 is 4.39 Å². The van der Waals surface area contributed by atoms with Gasteiger partial charge in [0, 0.05) is 29.4 Å². The SMILES string of the molecule is [2H]c1nnnn1-c1ccc(Cl)c(F)c1C1=CC(=O)N2[C@H](CC[C@H]2c2ncc(-c3ccnc(C(=O)O)c3F)[nH]2)C1. The van der Waals surface area contributed by atoms with E-state index in [1.54, 1.807) is 4.90 Å². The molecule has 38 heavy (non-hydrogen) atoms. The van der Waals surface area contributed by atoms with Crippen LogP contribution < -0.4 is 0 Å². The number of aromatic carboxylic acids is 1. The number of carbonyl (C=O) groups is 2. The number of amides is 1. The number of aromatic amines is 1. The molecular weight excluding hydrogens is 522 g/mol. The fourth-order valence-corrected chi connectivity index (χ4v) is 5.26. The molecule has 14 heteroatoms. The molecule has 4 aromatic rings. The second kappa shape index (κ2) is 9.10. The number of aromatic nitrogens is 7. The molecule has 3 aromatic heterocycles. The van der Waals surface area contributed by atoms with Crippen LogP contribution in [0.4, 0.5) is 8.78 Å². The van der Waals surface area contributed by atoms with Crippen molar-refractivity contribution in [3.8, 4) is 16.9 Å². The molecule has 0 spiro atoms. The van der Waals surface area contributed by atoms with Crippen molar-refractivity contribution in [2.75, 3.05) is 0 Å². The molecule has 2 N–H and O–H groups in total. The number of nitrogens with zero attached hydrogens (tertiary/aromatic N) is 7. The van der Waals surface area contributed by atoms with Gasteiger partial charge < -0.3 is 15.0 Å². The lowest BCUT2D eigenvalue weighted by atomic mass is 9.92. The lowest BCUT2D eigenvalue weighted by Gasteiger charge is -2.33. The molecule has 11 nitrogen and oxygen atoms in total. The zero-order valence-corrected chi connectivity index (χ0v) is 20.0. The smallest absolute Gasteiger partial charge is 0.357 e. The molecule has 2 aliphatic rings. The van der Waals surface area contributed by atoms with E-state index in [1.165, 1.54) is 36.7 Å². The number of carboxylic acid groups (broad SMARTS) is 1. The predicted octanol–water partition coefficient (Wildman–Crippen LogP) is 3.60. The van der Waals surface area contributed by atoms with Crippen LogP contribution in [0.3, 0.4) is 0 Å².